The van der Waals surface area contributed by atoms with Gasteiger partial charge in [-0.3, -0.25) is 9.97 Å². The van der Waals surface area contributed by atoms with Crippen LogP contribution in [-0.4, -0.2) is 74.5 Å². The van der Waals surface area contributed by atoms with Crippen molar-refractivity contribution < 1.29 is 34.4 Å². The van der Waals surface area contributed by atoms with Crippen LogP contribution in [-0.2, 0) is 14.3 Å². The quantitative estimate of drug-likeness (QED) is 0.437. The molecule has 0 bridgehead atoms. The third-order valence-corrected chi connectivity index (χ3v) is 5.54. The van der Waals surface area contributed by atoms with E-state index in [1.54, 1.807) is 12.4 Å². The number of fused-ring (bicyclic) bond motifs is 1. The van der Waals surface area contributed by atoms with Crippen molar-refractivity contribution in [3.05, 3.63) is 40.6 Å². The van der Waals surface area contributed by atoms with E-state index in [4.69, 9.17) is 14.6 Å². The summed E-state index contributed by atoms with van der Waals surface area (Å²) in [6.07, 6.45) is -5.23. The van der Waals surface area contributed by atoms with Gasteiger partial charge in [0.25, 0.3) is 0 Å². The van der Waals surface area contributed by atoms with Gasteiger partial charge in [-0.05, 0) is 35.1 Å². The molecule has 0 spiro atoms. The molecular formula is C21H26N4O8. The standard InChI is InChI=1S/C21H26N4O8/c1-9(2)11-6-13-14(23-5-4-22-13)7-12(11)10(3)8-24-21(30)33-20-15(25-31)16(26)17(27)18(32-20)19(28)29/h4-7,9-10,15-18,20,26-27H,8H2,1-3H3,(H,24,30)(H,28,29). The normalized spacial score (nSPS) is 26.1. The van der Waals surface area contributed by atoms with Crippen molar-refractivity contribution in [2.45, 2.75) is 63.3 Å². The number of aliphatic hydroxyl groups is 2. The molecule has 0 saturated carbocycles. The van der Waals surface area contributed by atoms with Gasteiger partial charge in [-0.25, -0.2) is 9.59 Å². The van der Waals surface area contributed by atoms with Crippen molar-refractivity contribution in [3.8, 4) is 0 Å². The first kappa shape index (κ1) is 24.4. The lowest BCUT2D eigenvalue weighted by atomic mass is 9.89. The van der Waals surface area contributed by atoms with E-state index in [9.17, 15) is 24.7 Å². The number of carbonyl (C=O) groups is 2. The van der Waals surface area contributed by atoms with Crippen LogP contribution in [0.4, 0.5) is 4.79 Å². The number of aliphatic hydroxyl groups excluding tert-OH is 2. The number of hydrogen-bond donors (Lipinski definition) is 4. The van der Waals surface area contributed by atoms with E-state index in [0.29, 0.717) is 5.52 Å². The second-order valence-electron chi connectivity index (χ2n) is 8.21. The maximum absolute atomic E-state index is 12.3. The van der Waals surface area contributed by atoms with E-state index in [0.717, 1.165) is 16.6 Å². The number of hydrogen-bond acceptors (Lipinski definition) is 10. The zero-order valence-corrected chi connectivity index (χ0v) is 18.3. The fourth-order valence-corrected chi connectivity index (χ4v) is 3.72. The number of carboxylic acids is 1. The molecule has 0 radical (unpaired) electrons. The number of carbonyl (C=O) groups excluding carboxylic acids is 1. The number of nitrogens with zero attached hydrogens (tertiary/aromatic N) is 3. The van der Waals surface area contributed by atoms with Crippen LogP contribution < -0.4 is 5.32 Å². The summed E-state index contributed by atoms with van der Waals surface area (Å²) in [6, 6.07) is 2.19. The Morgan fingerprint density at radius 2 is 1.73 bits per heavy atom. The molecule has 1 aromatic carbocycles. The zero-order valence-electron chi connectivity index (χ0n) is 18.3. The van der Waals surface area contributed by atoms with Crippen LogP contribution in [0.15, 0.2) is 29.7 Å². The van der Waals surface area contributed by atoms with Gasteiger partial charge in [-0.15, -0.1) is 0 Å². The molecule has 2 aromatic rings. The van der Waals surface area contributed by atoms with Gasteiger partial charge in [-0.1, -0.05) is 25.9 Å². The predicted molar refractivity (Wildman–Crippen MR) is 114 cm³/mol. The van der Waals surface area contributed by atoms with Crippen LogP contribution in [0.1, 0.15) is 43.7 Å². The number of nitroso groups, excluding NO2 is 1. The molecule has 12 nitrogen and oxygen atoms in total. The minimum Gasteiger partial charge on any atom is -0.479 e. The van der Waals surface area contributed by atoms with Gasteiger partial charge in [0.05, 0.1) is 11.0 Å². The molecule has 6 atom stereocenters. The minimum atomic E-state index is -1.90. The molecule has 1 amide bonds. The van der Waals surface area contributed by atoms with E-state index in [-0.39, 0.29) is 18.4 Å². The first-order chi connectivity index (χ1) is 15.6. The van der Waals surface area contributed by atoms with E-state index < -0.39 is 42.7 Å². The number of carboxylic acid groups (broad SMARTS) is 1. The largest absolute Gasteiger partial charge is 0.479 e. The van der Waals surface area contributed by atoms with E-state index in [1.165, 1.54) is 0 Å². The highest BCUT2D eigenvalue weighted by Crippen LogP contribution is 2.29. The fraction of sp³-hybridized carbons (Fsp3) is 0.524. The van der Waals surface area contributed by atoms with Crippen molar-refractivity contribution >= 4 is 23.1 Å². The number of nitrogens with one attached hydrogen (secondary N) is 1. The molecule has 1 fully saturated rings. The smallest absolute Gasteiger partial charge is 0.409 e. The van der Waals surface area contributed by atoms with Crippen LogP contribution in [0.5, 0.6) is 0 Å². The number of benzene rings is 1. The highest BCUT2D eigenvalue weighted by atomic mass is 16.7. The molecule has 12 heteroatoms. The third-order valence-electron chi connectivity index (χ3n) is 5.54. The maximum atomic E-state index is 12.3. The van der Waals surface area contributed by atoms with Gasteiger partial charge in [0, 0.05) is 18.9 Å². The Morgan fingerprint density at radius 3 is 2.27 bits per heavy atom. The molecule has 1 saturated heterocycles. The van der Waals surface area contributed by atoms with Crippen molar-refractivity contribution in [3.63, 3.8) is 0 Å². The number of amides is 1. The number of ether oxygens (including phenoxy) is 2. The van der Waals surface area contributed by atoms with Crippen molar-refractivity contribution in [1.82, 2.24) is 15.3 Å². The Kier molecular flexibility index (Phi) is 7.51. The summed E-state index contributed by atoms with van der Waals surface area (Å²) >= 11 is 0. The minimum absolute atomic E-state index is 0.143. The zero-order chi connectivity index (χ0) is 24.3. The van der Waals surface area contributed by atoms with Gasteiger partial charge in [0.1, 0.15) is 12.2 Å². The molecule has 178 valence electrons. The lowest BCUT2D eigenvalue weighted by Gasteiger charge is -2.37. The highest BCUT2D eigenvalue weighted by Gasteiger charge is 2.50. The number of rotatable bonds is 7. The van der Waals surface area contributed by atoms with Gasteiger partial charge in [-0.2, -0.15) is 4.91 Å². The Balaban J connectivity index is 1.70. The number of aliphatic carboxylic acids is 1. The maximum Gasteiger partial charge on any atom is 0.409 e. The van der Waals surface area contributed by atoms with Crippen LogP contribution in [0.25, 0.3) is 11.0 Å². The molecule has 3 rings (SSSR count). The van der Waals surface area contributed by atoms with Crippen LogP contribution in [0.3, 0.4) is 0 Å². The summed E-state index contributed by atoms with van der Waals surface area (Å²) in [5.41, 5.74) is 3.49. The highest BCUT2D eigenvalue weighted by molar-refractivity contribution is 5.76. The van der Waals surface area contributed by atoms with Gasteiger partial charge in [0.15, 0.2) is 12.1 Å². The monoisotopic (exact) mass is 462 g/mol. The SMILES string of the molecule is CC(C)c1cc2nccnc2cc1C(C)CNC(=O)OC1OC(C(=O)O)C(O)C(O)C1N=O. The topological polar surface area (TPSA) is 181 Å². The first-order valence-electron chi connectivity index (χ1n) is 10.4. The summed E-state index contributed by atoms with van der Waals surface area (Å²) in [5.74, 6) is -1.56. The molecule has 1 aliphatic rings. The van der Waals surface area contributed by atoms with Gasteiger partial charge < -0.3 is 30.1 Å². The van der Waals surface area contributed by atoms with Crippen LogP contribution in [0, 0.1) is 4.91 Å². The lowest BCUT2D eigenvalue weighted by molar-refractivity contribution is -0.243. The molecule has 33 heavy (non-hydrogen) atoms. The van der Waals surface area contributed by atoms with Crippen molar-refractivity contribution in [2.75, 3.05) is 6.54 Å². The van der Waals surface area contributed by atoms with E-state index in [1.807, 2.05) is 32.9 Å². The second-order valence-corrected chi connectivity index (χ2v) is 8.21. The number of alkyl carbamates (subject to hydrolysis) is 1. The molecule has 4 N–H and O–H groups in total. The summed E-state index contributed by atoms with van der Waals surface area (Å²) in [6.45, 7) is 6.13. The molecule has 0 aliphatic carbocycles. The van der Waals surface area contributed by atoms with E-state index >= 15 is 0 Å². The third kappa shape index (κ3) is 5.24. The fourth-order valence-electron chi connectivity index (χ4n) is 3.72. The summed E-state index contributed by atoms with van der Waals surface area (Å²) in [5, 5.41) is 34.0. The summed E-state index contributed by atoms with van der Waals surface area (Å²) < 4.78 is 10.00. The Hall–Kier alpha value is -3.22. The average Bonchev–Trinajstić information content (AvgIpc) is 2.78. The number of aromatic nitrogens is 2. The van der Waals surface area contributed by atoms with Gasteiger partial charge >= 0.3 is 12.1 Å². The average molecular weight is 462 g/mol. The molecule has 6 unspecified atom stereocenters. The second kappa shape index (κ2) is 10.1. The van der Waals surface area contributed by atoms with Crippen LogP contribution >= 0.6 is 0 Å². The van der Waals surface area contributed by atoms with Crippen LogP contribution in [0.2, 0.25) is 0 Å². The lowest BCUT2D eigenvalue weighted by Crippen LogP contribution is -2.60. The Morgan fingerprint density at radius 1 is 1.12 bits per heavy atom. The molecular weight excluding hydrogens is 436 g/mol. The summed E-state index contributed by atoms with van der Waals surface area (Å²) in [4.78, 5) is 43.3. The van der Waals surface area contributed by atoms with Gasteiger partial charge in [0.2, 0.25) is 6.29 Å². The van der Waals surface area contributed by atoms with Crippen molar-refractivity contribution in [2.24, 2.45) is 5.18 Å². The predicted octanol–water partition coefficient (Wildman–Crippen LogP) is 1.25. The Bertz CT molecular complexity index is 1030. The first-order valence-corrected chi connectivity index (χ1v) is 10.4. The molecule has 2 heterocycles. The molecule has 1 aromatic heterocycles. The molecule has 1 aliphatic heterocycles. The van der Waals surface area contributed by atoms with Crippen molar-refractivity contribution in [1.29, 1.82) is 0 Å². The van der Waals surface area contributed by atoms with E-state index in [2.05, 4.69) is 20.5 Å². The Labute approximate surface area is 188 Å². The summed E-state index contributed by atoms with van der Waals surface area (Å²) in [7, 11) is 0.